The zero-order valence-electron chi connectivity index (χ0n) is 9.41. The fourth-order valence-corrected chi connectivity index (χ4v) is 2.11. The number of hydrogen-bond acceptors (Lipinski definition) is 6. The third-order valence-corrected chi connectivity index (χ3v) is 3.25. The van der Waals surface area contributed by atoms with E-state index in [-0.39, 0.29) is 17.3 Å². The summed E-state index contributed by atoms with van der Waals surface area (Å²) in [6, 6.07) is 4.74. The summed E-state index contributed by atoms with van der Waals surface area (Å²) >= 11 is 7.05. The summed E-state index contributed by atoms with van der Waals surface area (Å²) in [5.74, 6) is -0.801. The Labute approximate surface area is 116 Å². The Balaban J connectivity index is 2.18. The van der Waals surface area contributed by atoms with Gasteiger partial charge in [-0.1, -0.05) is 17.7 Å². The van der Waals surface area contributed by atoms with Crippen LogP contribution in [0.15, 0.2) is 29.8 Å². The highest BCUT2D eigenvalue weighted by atomic mass is 35.5. The normalized spacial score (nSPS) is 10.2. The number of esters is 1. The van der Waals surface area contributed by atoms with Gasteiger partial charge in [-0.05, 0) is 17.5 Å². The summed E-state index contributed by atoms with van der Waals surface area (Å²) in [4.78, 5) is 26.3. The maximum absolute atomic E-state index is 11.8. The van der Waals surface area contributed by atoms with Gasteiger partial charge in [0.25, 0.3) is 0 Å². The molecule has 8 heteroatoms. The molecular formula is C11H7ClN2O4S. The number of nitro groups is 1. The third kappa shape index (κ3) is 3.27. The molecule has 0 aliphatic carbocycles. The lowest BCUT2D eigenvalue weighted by Crippen LogP contribution is -2.08. The van der Waals surface area contributed by atoms with Gasteiger partial charge in [0.05, 0.1) is 4.92 Å². The van der Waals surface area contributed by atoms with E-state index in [1.54, 1.807) is 6.07 Å². The van der Waals surface area contributed by atoms with Crippen LogP contribution in [0.2, 0.25) is 5.15 Å². The van der Waals surface area contributed by atoms with Crippen LogP contribution in [0.4, 0.5) is 5.69 Å². The van der Waals surface area contributed by atoms with E-state index < -0.39 is 16.6 Å². The molecule has 0 bridgehead atoms. The van der Waals surface area contributed by atoms with E-state index in [2.05, 4.69) is 4.98 Å². The van der Waals surface area contributed by atoms with Crippen LogP contribution in [-0.4, -0.2) is 15.9 Å². The van der Waals surface area contributed by atoms with E-state index in [1.807, 2.05) is 11.4 Å². The standard InChI is InChI=1S/C11H7ClN2O4S/c12-10-4-8(9(5-13-10)14(16)17)11(15)18-6-7-2-1-3-19-7/h1-5H,6H2. The lowest BCUT2D eigenvalue weighted by Gasteiger charge is -2.04. The molecule has 0 N–H and O–H groups in total. The Morgan fingerprint density at radius 2 is 2.37 bits per heavy atom. The largest absolute Gasteiger partial charge is 0.456 e. The van der Waals surface area contributed by atoms with Crippen LogP contribution in [-0.2, 0) is 11.3 Å². The van der Waals surface area contributed by atoms with Crippen LogP contribution in [0.5, 0.6) is 0 Å². The summed E-state index contributed by atoms with van der Waals surface area (Å²) in [6.07, 6.45) is 0.935. The monoisotopic (exact) mass is 298 g/mol. The molecule has 2 aromatic rings. The second kappa shape index (κ2) is 5.77. The second-order valence-corrected chi connectivity index (χ2v) is 4.86. The van der Waals surface area contributed by atoms with Crippen molar-refractivity contribution in [2.45, 2.75) is 6.61 Å². The van der Waals surface area contributed by atoms with E-state index in [4.69, 9.17) is 16.3 Å². The summed E-state index contributed by atoms with van der Waals surface area (Å²) in [7, 11) is 0. The zero-order valence-corrected chi connectivity index (χ0v) is 11.0. The van der Waals surface area contributed by atoms with E-state index in [0.29, 0.717) is 0 Å². The number of rotatable bonds is 4. The zero-order chi connectivity index (χ0) is 13.8. The minimum atomic E-state index is -0.801. The number of thiophene rings is 1. The SMILES string of the molecule is O=C(OCc1cccs1)c1cc(Cl)ncc1[N+](=O)[O-]. The van der Waals surface area contributed by atoms with Crippen LogP contribution in [0.25, 0.3) is 0 Å². The number of hydrogen-bond donors (Lipinski definition) is 0. The number of halogens is 1. The molecule has 6 nitrogen and oxygen atoms in total. The molecule has 0 amide bonds. The number of aromatic nitrogens is 1. The van der Waals surface area contributed by atoms with Gasteiger partial charge in [0.15, 0.2) is 0 Å². The molecule has 0 atom stereocenters. The van der Waals surface area contributed by atoms with Gasteiger partial charge in [-0.3, -0.25) is 10.1 Å². The minimum Gasteiger partial charge on any atom is -0.456 e. The van der Waals surface area contributed by atoms with E-state index in [0.717, 1.165) is 17.1 Å². The fourth-order valence-electron chi connectivity index (χ4n) is 1.34. The average molecular weight is 299 g/mol. The first-order valence-electron chi connectivity index (χ1n) is 5.07. The molecule has 0 spiro atoms. The van der Waals surface area contributed by atoms with Crippen molar-refractivity contribution in [1.82, 2.24) is 4.98 Å². The molecule has 2 heterocycles. The Bertz CT molecular complexity index is 615. The molecule has 98 valence electrons. The predicted molar refractivity (Wildman–Crippen MR) is 69.3 cm³/mol. The number of carbonyl (C=O) groups is 1. The quantitative estimate of drug-likeness (QED) is 0.375. The van der Waals surface area contributed by atoms with Gasteiger partial charge < -0.3 is 4.74 Å². The van der Waals surface area contributed by atoms with Gasteiger partial charge >= 0.3 is 11.7 Å². The Kier molecular flexibility index (Phi) is 4.08. The van der Waals surface area contributed by atoms with Gasteiger partial charge in [0.1, 0.15) is 23.5 Å². The second-order valence-electron chi connectivity index (χ2n) is 3.44. The minimum absolute atomic E-state index is 0.00586. The summed E-state index contributed by atoms with van der Waals surface area (Å²) in [5.41, 5.74) is -0.637. The predicted octanol–water partition coefficient (Wildman–Crippen LogP) is 3.06. The van der Waals surface area contributed by atoms with Crippen LogP contribution in [0.3, 0.4) is 0 Å². The molecule has 0 aliphatic heterocycles. The number of nitrogens with zero attached hydrogens (tertiary/aromatic N) is 2. The van der Waals surface area contributed by atoms with Gasteiger partial charge in [-0.25, -0.2) is 9.78 Å². The smallest absolute Gasteiger partial charge is 0.345 e. The summed E-state index contributed by atoms with van der Waals surface area (Å²) in [5, 5.41) is 12.6. The molecule has 0 aliphatic rings. The van der Waals surface area contributed by atoms with Crippen molar-refractivity contribution >= 4 is 34.6 Å². The molecule has 19 heavy (non-hydrogen) atoms. The highest BCUT2D eigenvalue weighted by molar-refractivity contribution is 7.09. The van der Waals surface area contributed by atoms with Crippen molar-refractivity contribution in [1.29, 1.82) is 0 Å². The molecule has 0 unspecified atom stereocenters. The van der Waals surface area contributed by atoms with Crippen LogP contribution in [0.1, 0.15) is 15.2 Å². The Morgan fingerprint density at radius 3 is 3.00 bits per heavy atom. The third-order valence-electron chi connectivity index (χ3n) is 2.19. The Morgan fingerprint density at radius 1 is 1.58 bits per heavy atom. The van der Waals surface area contributed by atoms with E-state index >= 15 is 0 Å². The number of carbonyl (C=O) groups excluding carboxylic acids is 1. The van der Waals surface area contributed by atoms with Gasteiger partial charge in [0, 0.05) is 4.88 Å². The van der Waals surface area contributed by atoms with Crippen LogP contribution >= 0.6 is 22.9 Å². The van der Waals surface area contributed by atoms with Crippen molar-refractivity contribution in [3.63, 3.8) is 0 Å². The van der Waals surface area contributed by atoms with Gasteiger partial charge in [0.2, 0.25) is 0 Å². The van der Waals surface area contributed by atoms with Crippen molar-refractivity contribution in [3.8, 4) is 0 Å². The highest BCUT2D eigenvalue weighted by Gasteiger charge is 2.22. The average Bonchev–Trinajstić information content (AvgIpc) is 2.88. The van der Waals surface area contributed by atoms with E-state index in [9.17, 15) is 14.9 Å². The van der Waals surface area contributed by atoms with Crippen LogP contribution in [0, 0.1) is 10.1 Å². The molecule has 0 aromatic carbocycles. The topological polar surface area (TPSA) is 82.3 Å². The van der Waals surface area contributed by atoms with Crippen molar-refractivity contribution in [2.75, 3.05) is 0 Å². The first-order chi connectivity index (χ1) is 9.08. The number of ether oxygens (including phenoxy) is 1. The van der Waals surface area contributed by atoms with Crippen molar-refractivity contribution in [2.24, 2.45) is 0 Å². The maximum atomic E-state index is 11.8. The first-order valence-corrected chi connectivity index (χ1v) is 6.33. The molecule has 0 radical (unpaired) electrons. The first kappa shape index (κ1) is 13.4. The fraction of sp³-hybridized carbons (Fsp3) is 0.0909. The summed E-state index contributed by atoms with van der Waals surface area (Å²) < 4.78 is 5.00. The summed E-state index contributed by atoms with van der Waals surface area (Å²) in [6.45, 7) is 0.0631. The molecular weight excluding hydrogens is 292 g/mol. The molecule has 0 saturated heterocycles. The molecule has 2 aromatic heterocycles. The lowest BCUT2D eigenvalue weighted by molar-refractivity contribution is -0.385. The van der Waals surface area contributed by atoms with E-state index in [1.165, 1.54) is 11.3 Å². The lowest BCUT2D eigenvalue weighted by atomic mass is 10.2. The highest BCUT2D eigenvalue weighted by Crippen LogP contribution is 2.22. The number of pyridine rings is 1. The van der Waals surface area contributed by atoms with Crippen LogP contribution < -0.4 is 0 Å². The van der Waals surface area contributed by atoms with Gasteiger partial charge in [-0.2, -0.15) is 0 Å². The van der Waals surface area contributed by atoms with Crippen molar-refractivity contribution < 1.29 is 14.5 Å². The maximum Gasteiger partial charge on any atom is 0.345 e. The van der Waals surface area contributed by atoms with Crippen molar-refractivity contribution in [3.05, 3.63) is 55.5 Å². The van der Waals surface area contributed by atoms with Gasteiger partial charge in [-0.15, -0.1) is 11.3 Å². The molecule has 0 saturated carbocycles. The molecule has 0 fully saturated rings. The Hall–Kier alpha value is -1.99. The molecule has 2 rings (SSSR count).